The maximum atomic E-state index is 14.1. The number of halogens is 2. The highest BCUT2D eigenvalue weighted by atomic mass is 19.3. The fourth-order valence-corrected chi connectivity index (χ4v) is 2.50. The van der Waals surface area contributed by atoms with Crippen LogP contribution in [0.1, 0.15) is 67.2 Å². The first-order valence-corrected chi connectivity index (χ1v) is 6.56. The van der Waals surface area contributed by atoms with Crippen molar-refractivity contribution in [2.75, 3.05) is 0 Å². The predicted octanol–water partition coefficient (Wildman–Crippen LogP) is 5.52. The van der Waals surface area contributed by atoms with Crippen LogP contribution in [0.15, 0.2) is 0 Å². The van der Waals surface area contributed by atoms with E-state index in [9.17, 15) is 8.78 Å². The smallest absolute Gasteiger partial charge is 0.206 e. The van der Waals surface area contributed by atoms with Crippen molar-refractivity contribution in [2.45, 2.75) is 73.1 Å². The second-order valence-corrected chi connectivity index (χ2v) is 5.93. The van der Waals surface area contributed by atoms with E-state index in [2.05, 4.69) is 13.8 Å². The monoisotopic (exact) mass is 234 g/mol. The van der Waals surface area contributed by atoms with Gasteiger partial charge >= 0.3 is 0 Å². The molecule has 0 aromatic rings. The van der Waals surface area contributed by atoms with Crippen LogP contribution in [-0.2, 0) is 0 Å². The summed E-state index contributed by atoms with van der Waals surface area (Å²) in [5, 5.41) is 0. The quantitative estimate of drug-likeness (QED) is 0.544. The van der Waals surface area contributed by atoms with Crippen LogP contribution in [0, 0.1) is 17.3 Å². The van der Waals surface area contributed by atoms with E-state index >= 15 is 0 Å². The highest BCUT2D eigenvalue weighted by Crippen LogP contribution is 2.46. The van der Waals surface area contributed by atoms with Gasteiger partial charge in [0.05, 0.1) is 0 Å². The fraction of sp³-hybridized carbons (Fsp3) is 1.00. The molecule has 0 saturated heterocycles. The highest BCUT2D eigenvalue weighted by Gasteiger charge is 2.49. The summed E-state index contributed by atoms with van der Waals surface area (Å²) in [6, 6.07) is 0. The van der Waals surface area contributed by atoms with Crippen molar-refractivity contribution in [3.8, 4) is 0 Å². The zero-order valence-electron chi connectivity index (χ0n) is 11.7. The molecule has 0 rings (SSSR count). The van der Waals surface area contributed by atoms with Gasteiger partial charge in [0.1, 0.15) is 0 Å². The average molecular weight is 234 g/mol. The fourth-order valence-electron chi connectivity index (χ4n) is 2.50. The van der Waals surface area contributed by atoms with Gasteiger partial charge in [-0.2, -0.15) is 0 Å². The molecule has 0 heterocycles. The van der Waals surface area contributed by atoms with Gasteiger partial charge in [-0.05, 0) is 12.3 Å². The minimum atomic E-state index is -2.58. The Balaban J connectivity index is 4.65. The molecule has 0 aromatic heterocycles. The summed E-state index contributed by atoms with van der Waals surface area (Å²) in [5.41, 5.74) is -0.892. The number of alkyl halides is 2. The number of rotatable bonds is 7. The van der Waals surface area contributed by atoms with Crippen molar-refractivity contribution < 1.29 is 8.78 Å². The Morgan fingerprint density at radius 1 is 1.06 bits per heavy atom. The summed E-state index contributed by atoms with van der Waals surface area (Å²) < 4.78 is 28.1. The molecular formula is C14H28F2. The van der Waals surface area contributed by atoms with Gasteiger partial charge in [0.2, 0.25) is 0 Å². The van der Waals surface area contributed by atoms with E-state index in [4.69, 9.17) is 0 Å². The van der Waals surface area contributed by atoms with E-state index in [1.807, 2.05) is 0 Å². The molecule has 0 radical (unpaired) electrons. The first-order chi connectivity index (χ1) is 7.19. The zero-order valence-corrected chi connectivity index (χ0v) is 11.7. The molecule has 0 aliphatic rings. The number of hydrogen-bond acceptors (Lipinski definition) is 0. The van der Waals surface area contributed by atoms with Gasteiger partial charge in [-0.3, -0.25) is 0 Å². The lowest BCUT2D eigenvalue weighted by molar-refractivity contribution is -0.149. The van der Waals surface area contributed by atoms with Gasteiger partial charge in [0.25, 0.3) is 5.92 Å². The van der Waals surface area contributed by atoms with Gasteiger partial charge in [-0.15, -0.1) is 0 Å². The Kier molecular flexibility index (Phi) is 5.92. The molecule has 0 N–H and O–H groups in total. The summed E-state index contributed by atoms with van der Waals surface area (Å²) in [5.74, 6) is -2.72. The second-order valence-electron chi connectivity index (χ2n) is 5.93. The van der Waals surface area contributed by atoms with Crippen LogP contribution >= 0.6 is 0 Å². The van der Waals surface area contributed by atoms with Crippen LogP contribution in [-0.4, -0.2) is 5.92 Å². The molecule has 0 aliphatic heterocycles. The van der Waals surface area contributed by atoms with Crippen LogP contribution in [0.4, 0.5) is 8.78 Å². The molecule has 0 amide bonds. The third-order valence-electron chi connectivity index (χ3n) is 3.70. The maximum absolute atomic E-state index is 14.1. The lowest BCUT2D eigenvalue weighted by Crippen LogP contribution is -2.42. The van der Waals surface area contributed by atoms with Gasteiger partial charge in [-0.1, -0.05) is 60.8 Å². The molecule has 0 bridgehead atoms. The normalized spacial score (nSPS) is 15.6. The van der Waals surface area contributed by atoms with Crippen molar-refractivity contribution in [1.29, 1.82) is 0 Å². The molecule has 0 aliphatic carbocycles. The third kappa shape index (κ3) is 3.71. The topological polar surface area (TPSA) is 0 Å². The lowest BCUT2D eigenvalue weighted by atomic mass is 9.72. The van der Waals surface area contributed by atoms with Crippen molar-refractivity contribution >= 4 is 0 Å². The standard InChI is InChI=1S/C14H28F2/c1-7-9-12(8-2)10-13(5,6)14(15,16)11(3)4/h11-12H,7-10H2,1-6H3. The van der Waals surface area contributed by atoms with Gasteiger partial charge in [-0.25, -0.2) is 8.78 Å². The number of hydrogen-bond donors (Lipinski definition) is 0. The Morgan fingerprint density at radius 2 is 1.56 bits per heavy atom. The molecule has 1 unspecified atom stereocenters. The first-order valence-electron chi connectivity index (χ1n) is 6.56. The maximum Gasteiger partial charge on any atom is 0.255 e. The summed E-state index contributed by atoms with van der Waals surface area (Å²) in [7, 11) is 0. The molecule has 16 heavy (non-hydrogen) atoms. The van der Waals surface area contributed by atoms with E-state index in [1.165, 1.54) is 0 Å². The van der Waals surface area contributed by atoms with Crippen LogP contribution in [0.25, 0.3) is 0 Å². The Hall–Kier alpha value is -0.140. The molecule has 2 heteroatoms. The zero-order chi connectivity index (χ0) is 13.0. The Morgan fingerprint density at radius 3 is 1.88 bits per heavy atom. The summed E-state index contributed by atoms with van der Waals surface area (Å²) in [6.45, 7) is 10.9. The van der Waals surface area contributed by atoms with Crippen molar-refractivity contribution in [3.63, 3.8) is 0 Å². The van der Waals surface area contributed by atoms with Gasteiger partial charge in [0.15, 0.2) is 0 Å². The average Bonchev–Trinajstić information content (AvgIpc) is 2.16. The minimum absolute atomic E-state index is 0.435. The van der Waals surface area contributed by atoms with E-state index < -0.39 is 17.3 Å². The largest absolute Gasteiger partial charge is 0.255 e. The van der Waals surface area contributed by atoms with Crippen LogP contribution in [0.3, 0.4) is 0 Å². The Labute approximate surface area is 99.8 Å². The molecule has 0 aromatic carbocycles. The van der Waals surface area contributed by atoms with Crippen molar-refractivity contribution in [2.24, 2.45) is 17.3 Å². The molecular weight excluding hydrogens is 206 g/mol. The van der Waals surface area contributed by atoms with E-state index in [-0.39, 0.29) is 0 Å². The second kappa shape index (κ2) is 5.97. The van der Waals surface area contributed by atoms with Crippen LogP contribution in [0.5, 0.6) is 0 Å². The predicted molar refractivity (Wildman–Crippen MR) is 66.9 cm³/mol. The Bertz CT molecular complexity index is 195. The van der Waals surface area contributed by atoms with Gasteiger partial charge in [0, 0.05) is 11.3 Å². The first kappa shape index (κ1) is 15.9. The summed E-state index contributed by atoms with van der Waals surface area (Å²) in [4.78, 5) is 0. The summed E-state index contributed by atoms with van der Waals surface area (Å²) in [6.07, 6.45) is 3.78. The molecule has 1 atom stereocenters. The van der Waals surface area contributed by atoms with E-state index in [0.29, 0.717) is 12.3 Å². The van der Waals surface area contributed by atoms with Crippen LogP contribution in [0.2, 0.25) is 0 Å². The summed E-state index contributed by atoms with van der Waals surface area (Å²) >= 11 is 0. The minimum Gasteiger partial charge on any atom is -0.206 e. The van der Waals surface area contributed by atoms with Crippen LogP contribution < -0.4 is 0 Å². The van der Waals surface area contributed by atoms with E-state index in [1.54, 1.807) is 27.7 Å². The lowest BCUT2D eigenvalue weighted by Gasteiger charge is -2.39. The molecule has 0 spiro atoms. The van der Waals surface area contributed by atoms with E-state index in [0.717, 1.165) is 19.3 Å². The highest BCUT2D eigenvalue weighted by molar-refractivity contribution is 4.89. The van der Waals surface area contributed by atoms with Crippen molar-refractivity contribution in [1.82, 2.24) is 0 Å². The third-order valence-corrected chi connectivity index (χ3v) is 3.70. The molecule has 0 nitrogen and oxygen atoms in total. The molecule has 0 fully saturated rings. The van der Waals surface area contributed by atoms with Gasteiger partial charge < -0.3 is 0 Å². The molecule has 0 saturated carbocycles. The molecule has 98 valence electrons. The van der Waals surface area contributed by atoms with Crippen molar-refractivity contribution in [3.05, 3.63) is 0 Å². The SMILES string of the molecule is CCCC(CC)CC(C)(C)C(F)(F)C(C)C.